The molecule has 0 atom stereocenters. The van der Waals surface area contributed by atoms with Gasteiger partial charge >= 0.3 is 0 Å². The van der Waals surface area contributed by atoms with E-state index in [-0.39, 0.29) is 16.8 Å². The quantitative estimate of drug-likeness (QED) is 0.660. The molecule has 1 aliphatic heterocycles. The van der Waals surface area contributed by atoms with E-state index in [0.717, 1.165) is 10.0 Å². The lowest BCUT2D eigenvalue weighted by atomic mass is 9.82. The lowest BCUT2D eigenvalue weighted by Crippen LogP contribution is -2.49. The molecule has 0 aliphatic carbocycles. The molecule has 3 rings (SSSR count). The Morgan fingerprint density at radius 3 is 2.33 bits per heavy atom. The smallest absolute Gasteiger partial charge is 0.251 e. The first-order valence-corrected chi connectivity index (χ1v) is 12.1. The van der Waals surface area contributed by atoms with Crippen LogP contribution < -0.4 is 5.32 Å². The topological polar surface area (TPSA) is 75.7 Å². The van der Waals surface area contributed by atoms with Gasteiger partial charge in [0.1, 0.15) is 0 Å². The highest BCUT2D eigenvalue weighted by Crippen LogP contribution is 2.34. The molecule has 0 unspecified atom stereocenters. The molecule has 0 radical (unpaired) electrons. The molecule has 6 nitrogen and oxygen atoms in total. The van der Waals surface area contributed by atoms with Gasteiger partial charge in [0.05, 0.1) is 10.4 Å². The van der Waals surface area contributed by atoms with E-state index in [9.17, 15) is 13.2 Å². The summed E-state index contributed by atoms with van der Waals surface area (Å²) in [4.78, 5) is 13.2. The van der Waals surface area contributed by atoms with Crippen LogP contribution in [0.15, 0.2) is 57.9 Å². The van der Waals surface area contributed by atoms with Crippen molar-refractivity contribution >= 4 is 31.9 Å². The number of hydrogen-bond acceptors (Lipinski definition) is 4. The summed E-state index contributed by atoms with van der Waals surface area (Å²) in [5.41, 5.74) is 0.912. The van der Waals surface area contributed by atoms with Crippen molar-refractivity contribution in [3.63, 3.8) is 0 Å². The van der Waals surface area contributed by atoms with Crippen molar-refractivity contribution < 1.29 is 17.9 Å². The largest absolute Gasteiger partial charge is 0.381 e. The molecule has 2 aromatic rings. The van der Waals surface area contributed by atoms with Gasteiger partial charge in [0.2, 0.25) is 10.0 Å². The molecule has 1 N–H and O–H groups in total. The van der Waals surface area contributed by atoms with Crippen LogP contribution in [0.4, 0.5) is 0 Å². The first-order valence-electron chi connectivity index (χ1n) is 9.90. The van der Waals surface area contributed by atoms with Crippen LogP contribution in [-0.4, -0.2) is 44.9 Å². The number of hydrogen-bond donors (Lipinski definition) is 1. The van der Waals surface area contributed by atoms with Gasteiger partial charge in [-0.05, 0) is 68.7 Å². The van der Waals surface area contributed by atoms with E-state index < -0.39 is 15.6 Å². The maximum absolute atomic E-state index is 13.1. The number of nitrogens with one attached hydrogen (secondary N) is 1. The molecule has 0 aromatic heterocycles. The third kappa shape index (κ3) is 4.77. The van der Waals surface area contributed by atoms with Gasteiger partial charge in [0, 0.05) is 36.3 Å². The Hall–Kier alpha value is -1.74. The Balaban J connectivity index is 1.85. The number of amides is 1. The standard InChI is InChI=1S/C22H27BrN2O4S/c1-16(2)25(3)30(27,28)20-9-7-17(8-10-20)21(26)24-22(11-13-29-14-12-22)18-5-4-6-19(23)15-18/h4-10,15-16H,11-14H2,1-3H3,(H,24,26). The van der Waals surface area contributed by atoms with Gasteiger partial charge in [-0.2, -0.15) is 4.31 Å². The van der Waals surface area contributed by atoms with Gasteiger partial charge < -0.3 is 10.1 Å². The SMILES string of the molecule is CC(C)N(C)S(=O)(=O)c1ccc(C(=O)NC2(c3cccc(Br)c3)CCOCC2)cc1. The first kappa shape index (κ1) is 22.9. The lowest BCUT2D eigenvalue weighted by Gasteiger charge is -2.38. The number of carbonyl (C=O) groups is 1. The zero-order valence-electron chi connectivity index (χ0n) is 17.4. The molecule has 30 heavy (non-hydrogen) atoms. The van der Waals surface area contributed by atoms with Gasteiger partial charge in [-0.1, -0.05) is 28.1 Å². The Labute approximate surface area is 186 Å². The minimum absolute atomic E-state index is 0.156. The molecule has 0 saturated carbocycles. The molecule has 8 heteroatoms. The Kier molecular flexibility index (Phi) is 7.02. The van der Waals surface area contributed by atoms with Crippen LogP contribution in [0.25, 0.3) is 0 Å². The molecular weight excluding hydrogens is 468 g/mol. The molecule has 1 fully saturated rings. The van der Waals surface area contributed by atoms with Crippen LogP contribution >= 0.6 is 15.9 Å². The van der Waals surface area contributed by atoms with Crippen LogP contribution in [0.2, 0.25) is 0 Å². The van der Waals surface area contributed by atoms with Crippen molar-refractivity contribution in [2.75, 3.05) is 20.3 Å². The average Bonchev–Trinajstić information content (AvgIpc) is 2.73. The molecule has 162 valence electrons. The van der Waals surface area contributed by atoms with Crippen LogP contribution in [-0.2, 0) is 20.3 Å². The normalized spacial score (nSPS) is 16.6. The molecule has 1 saturated heterocycles. The minimum Gasteiger partial charge on any atom is -0.381 e. The monoisotopic (exact) mass is 494 g/mol. The summed E-state index contributed by atoms with van der Waals surface area (Å²) in [6.45, 7) is 4.75. The van der Waals surface area contributed by atoms with Crippen LogP contribution in [0.1, 0.15) is 42.6 Å². The van der Waals surface area contributed by atoms with Gasteiger partial charge in [-0.3, -0.25) is 4.79 Å². The Bertz CT molecular complexity index is 1000. The molecule has 0 spiro atoms. The predicted octanol–water partition coefficient (Wildman–Crippen LogP) is 3.91. The third-order valence-corrected chi connectivity index (χ3v) is 8.14. The predicted molar refractivity (Wildman–Crippen MR) is 120 cm³/mol. The fraction of sp³-hybridized carbons (Fsp3) is 0.409. The zero-order chi connectivity index (χ0) is 21.9. The number of rotatable bonds is 6. The summed E-state index contributed by atoms with van der Waals surface area (Å²) in [5.74, 6) is -0.238. The van der Waals surface area contributed by atoms with E-state index in [1.54, 1.807) is 19.2 Å². The number of ether oxygens (including phenoxy) is 1. The van der Waals surface area contributed by atoms with E-state index in [4.69, 9.17) is 4.74 Å². The van der Waals surface area contributed by atoms with E-state index in [2.05, 4.69) is 21.2 Å². The Morgan fingerprint density at radius 1 is 1.13 bits per heavy atom. The van der Waals surface area contributed by atoms with Crippen LogP contribution in [0.5, 0.6) is 0 Å². The summed E-state index contributed by atoms with van der Waals surface area (Å²) >= 11 is 3.51. The minimum atomic E-state index is -3.59. The maximum atomic E-state index is 13.1. The summed E-state index contributed by atoms with van der Waals surface area (Å²) in [7, 11) is -2.04. The summed E-state index contributed by atoms with van der Waals surface area (Å²) in [6.07, 6.45) is 1.33. The van der Waals surface area contributed by atoms with E-state index in [1.807, 2.05) is 38.1 Å². The van der Waals surface area contributed by atoms with Gasteiger partial charge in [-0.25, -0.2) is 8.42 Å². The Morgan fingerprint density at radius 2 is 1.77 bits per heavy atom. The lowest BCUT2D eigenvalue weighted by molar-refractivity contribution is 0.0345. The van der Waals surface area contributed by atoms with E-state index in [1.165, 1.54) is 16.4 Å². The number of carbonyl (C=O) groups excluding carboxylic acids is 1. The molecule has 1 amide bonds. The van der Waals surface area contributed by atoms with Crippen molar-refractivity contribution in [1.29, 1.82) is 0 Å². The van der Waals surface area contributed by atoms with Crippen molar-refractivity contribution in [3.05, 3.63) is 64.1 Å². The highest BCUT2D eigenvalue weighted by atomic mass is 79.9. The maximum Gasteiger partial charge on any atom is 0.251 e. The fourth-order valence-corrected chi connectivity index (χ4v) is 5.27. The molecule has 0 bridgehead atoms. The van der Waals surface area contributed by atoms with E-state index in [0.29, 0.717) is 31.6 Å². The summed E-state index contributed by atoms with van der Waals surface area (Å²) in [5, 5.41) is 3.19. The zero-order valence-corrected chi connectivity index (χ0v) is 19.8. The molecule has 1 aliphatic rings. The fourth-order valence-electron chi connectivity index (χ4n) is 3.50. The second kappa shape index (κ2) is 9.18. The second-order valence-corrected chi connectivity index (χ2v) is 10.7. The average molecular weight is 495 g/mol. The summed E-state index contributed by atoms with van der Waals surface area (Å²) in [6, 6.07) is 13.9. The third-order valence-electron chi connectivity index (χ3n) is 5.60. The van der Waals surface area contributed by atoms with Crippen LogP contribution in [0.3, 0.4) is 0 Å². The number of sulfonamides is 1. The van der Waals surface area contributed by atoms with E-state index >= 15 is 0 Å². The number of benzene rings is 2. The van der Waals surface area contributed by atoms with Gasteiger partial charge in [0.25, 0.3) is 5.91 Å². The van der Waals surface area contributed by atoms with Crippen molar-refractivity contribution in [2.24, 2.45) is 0 Å². The van der Waals surface area contributed by atoms with Crippen molar-refractivity contribution in [2.45, 2.75) is 43.2 Å². The number of halogens is 1. The highest BCUT2D eigenvalue weighted by molar-refractivity contribution is 9.10. The van der Waals surface area contributed by atoms with Crippen LogP contribution in [0, 0.1) is 0 Å². The second-order valence-electron chi connectivity index (χ2n) is 7.80. The van der Waals surface area contributed by atoms with Crippen molar-refractivity contribution in [3.8, 4) is 0 Å². The van der Waals surface area contributed by atoms with Gasteiger partial charge in [-0.15, -0.1) is 0 Å². The van der Waals surface area contributed by atoms with Gasteiger partial charge in [0.15, 0.2) is 0 Å². The first-order chi connectivity index (χ1) is 14.2. The molecule has 1 heterocycles. The highest BCUT2D eigenvalue weighted by Gasteiger charge is 2.36. The molecular formula is C22H27BrN2O4S. The summed E-state index contributed by atoms with van der Waals surface area (Å²) < 4.78 is 33.1. The number of nitrogens with zero attached hydrogens (tertiary/aromatic N) is 1. The van der Waals surface area contributed by atoms with Crippen molar-refractivity contribution in [1.82, 2.24) is 9.62 Å². The molecule has 2 aromatic carbocycles.